The molecule has 54 valence electrons. The predicted octanol–water partition coefficient (Wildman–Crippen LogP) is -0.135. The van der Waals surface area contributed by atoms with Gasteiger partial charge in [0.1, 0.15) is 0 Å². The average Bonchev–Trinajstić information content (AvgIpc) is 1.80. The van der Waals surface area contributed by atoms with Crippen molar-refractivity contribution in [2.45, 2.75) is 38.3 Å². The summed E-state index contributed by atoms with van der Waals surface area (Å²) in [5, 5.41) is 17.9. The molecular weight excluding hydrogens is 120 g/mol. The maximum Gasteiger partial charge on any atom is 0.155 e. The van der Waals surface area contributed by atoms with Gasteiger partial charge >= 0.3 is 0 Å². The molecule has 3 heteroatoms. The lowest BCUT2D eigenvalue weighted by Gasteiger charge is -2.28. The van der Waals surface area contributed by atoms with Gasteiger partial charge in [0.15, 0.2) is 6.29 Å². The zero-order chi connectivity index (χ0) is 6.85. The molecule has 0 aromatic heterocycles. The molecule has 0 saturated carbocycles. The van der Waals surface area contributed by atoms with E-state index in [-0.39, 0.29) is 6.10 Å². The van der Waals surface area contributed by atoms with Crippen molar-refractivity contribution in [3.63, 3.8) is 0 Å². The normalized spacial score (nSPS) is 45.0. The van der Waals surface area contributed by atoms with Gasteiger partial charge in [0.2, 0.25) is 0 Å². The van der Waals surface area contributed by atoms with E-state index in [1.165, 1.54) is 0 Å². The third kappa shape index (κ3) is 1.64. The molecule has 1 aliphatic rings. The average molecular weight is 132 g/mol. The molecule has 1 saturated heterocycles. The van der Waals surface area contributed by atoms with Gasteiger partial charge in [0, 0.05) is 6.42 Å². The van der Waals surface area contributed by atoms with Gasteiger partial charge in [-0.2, -0.15) is 0 Å². The van der Waals surface area contributed by atoms with Crippen LogP contribution in [0.3, 0.4) is 0 Å². The summed E-state index contributed by atoms with van der Waals surface area (Å²) in [5.74, 6) is 0. The first-order valence-electron chi connectivity index (χ1n) is 3.21. The molecule has 1 heterocycles. The van der Waals surface area contributed by atoms with E-state index < -0.39 is 12.4 Å². The van der Waals surface area contributed by atoms with E-state index in [1.807, 2.05) is 0 Å². The lowest BCUT2D eigenvalue weighted by Crippen LogP contribution is -2.36. The maximum atomic E-state index is 9.06. The predicted molar refractivity (Wildman–Crippen MR) is 31.8 cm³/mol. The summed E-state index contributed by atoms with van der Waals surface area (Å²) >= 11 is 0. The van der Waals surface area contributed by atoms with Crippen LogP contribution in [0.1, 0.15) is 19.8 Å². The fourth-order valence-electron chi connectivity index (χ4n) is 0.955. The van der Waals surface area contributed by atoms with E-state index in [0.717, 1.165) is 0 Å². The van der Waals surface area contributed by atoms with Gasteiger partial charge in [-0.15, -0.1) is 0 Å². The van der Waals surface area contributed by atoms with Gasteiger partial charge in [-0.25, -0.2) is 0 Å². The Labute approximate surface area is 54.3 Å². The van der Waals surface area contributed by atoms with Crippen molar-refractivity contribution in [1.29, 1.82) is 0 Å². The van der Waals surface area contributed by atoms with Crippen molar-refractivity contribution >= 4 is 0 Å². The second-order valence-corrected chi connectivity index (χ2v) is 2.44. The van der Waals surface area contributed by atoms with E-state index in [4.69, 9.17) is 14.9 Å². The van der Waals surface area contributed by atoms with Gasteiger partial charge < -0.3 is 14.9 Å². The number of hydrogen-bond acceptors (Lipinski definition) is 3. The molecule has 0 aliphatic carbocycles. The molecule has 0 aromatic carbocycles. The summed E-state index contributed by atoms with van der Waals surface area (Å²) in [5.41, 5.74) is 0. The lowest BCUT2D eigenvalue weighted by atomic mass is 10.1. The first-order chi connectivity index (χ1) is 4.20. The Hall–Kier alpha value is -0.120. The second-order valence-electron chi connectivity index (χ2n) is 2.44. The molecule has 0 spiro atoms. The molecule has 0 radical (unpaired) electrons. The minimum absolute atomic E-state index is 0.214. The molecule has 2 unspecified atom stereocenters. The van der Waals surface area contributed by atoms with Crippen molar-refractivity contribution in [2.75, 3.05) is 0 Å². The van der Waals surface area contributed by atoms with Crippen LogP contribution < -0.4 is 0 Å². The van der Waals surface area contributed by atoms with Crippen molar-refractivity contribution < 1.29 is 14.9 Å². The SMILES string of the molecule is CC1OC(O)CC[C@@H]1O. The molecule has 0 amide bonds. The van der Waals surface area contributed by atoms with E-state index >= 15 is 0 Å². The highest BCUT2D eigenvalue weighted by Crippen LogP contribution is 2.16. The zero-order valence-electron chi connectivity index (χ0n) is 5.45. The van der Waals surface area contributed by atoms with Crippen LogP contribution in [0.15, 0.2) is 0 Å². The Balaban J connectivity index is 2.35. The molecule has 1 fully saturated rings. The second kappa shape index (κ2) is 2.64. The molecule has 0 bridgehead atoms. The Morgan fingerprint density at radius 2 is 2.00 bits per heavy atom. The highest BCUT2D eigenvalue weighted by Gasteiger charge is 2.24. The zero-order valence-corrected chi connectivity index (χ0v) is 5.45. The summed E-state index contributed by atoms with van der Waals surface area (Å²) in [6, 6.07) is 0. The largest absolute Gasteiger partial charge is 0.390 e. The van der Waals surface area contributed by atoms with Gasteiger partial charge in [-0.1, -0.05) is 0 Å². The summed E-state index contributed by atoms with van der Waals surface area (Å²) in [7, 11) is 0. The molecule has 3 nitrogen and oxygen atoms in total. The lowest BCUT2D eigenvalue weighted by molar-refractivity contribution is -0.192. The van der Waals surface area contributed by atoms with Crippen LogP contribution in [0, 0.1) is 0 Å². The van der Waals surface area contributed by atoms with Gasteiger partial charge in [-0.3, -0.25) is 0 Å². The van der Waals surface area contributed by atoms with Crippen molar-refractivity contribution in [1.82, 2.24) is 0 Å². The van der Waals surface area contributed by atoms with Crippen molar-refractivity contribution in [3.8, 4) is 0 Å². The maximum absolute atomic E-state index is 9.06. The van der Waals surface area contributed by atoms with Crippen LogP contribution in [0.25, 0.3) is 0 Å². The molecule has 3 atom stereocenters. The van der Waals surface area contributed by atoms with Crippen LogP contribution in [-0.2, 0) is 4.74 Å². The number of ether oxygens (including phenoxy) is 1. The van der Waals surface area contributed by atoms with Crippen LogP contribution in [0.5, 0.6) is 0 Å². The Kier molecular flexibility index (Phi) is 2.05. The smallest absolute Gasteiger partial charge is 0.155 e. The van der Waals surface area contributed by atoms with E-state index in [1.54, 1.807) is 6.92 Å². The first kappa shape index (κ1) is 6.99. The van der Waals surface area contributed by atoms with Crippen LogP contribution >= 0.6 is 0 Å². The minimum Gasteiger partial charge on any atom is -0.390 e. The van der Waals surface area contributed by atoms with Crippen LogP contribution in [0.2, 0.25) is 0 Å². The monoisotopic (exact) mass is 132 g/mol. The molecule has 9 heavy (non-hydrogen) atoms. The number of rotatable bonds is 0. The molecule has 1 aliphatic heterocycles. The fraction of sp³-hybridized carbons (Fsp3) is 1.00. The van der Waals surface area contributed by atoms with Crippen molar-refractivity contribution in [2.24, 2.45) is 0 Å². The van der Waals surface area contributed by atoms with Gasteiger partial charge in [-0.05, 0) is 13.3 Å². The molecule has 1 rings (SSSR count). The summed E-state index contributed by atoms with van der Waals surface area (Å²) < 4.78 is 4.90. The van der Waals surface area contributed by atoms with Crippen LogP contribution in [-0.4, -0.2) is 28.7 Å². The Morgan fingerprint density at radius 1 is 1.33 bits per heavy atom. The highest BCUT2D eigenvalue weighted by atomic mass is 16.6. The van der Waals surface area contributed by atoms with E-state index in [9.17, 15) is 0 Å². The quantitative estimate of drug-likeness (QED) is 0.482. The topological polar surface area (TPSA) is 49.7 Å². The minimum atomic E-state index is -0.664. The summed E-state index contributed by atoms with van der Waals surface area (Å²) in [6.07, 6.45) is -0.0843. The standard InChI is InChI=1S/C6H12O3/c1-4-5(7)2-3-6(8)9-4/h4-8H,2-3H2,1H3/t4?,5-,6?/m0/s1. The number of aliphatic hydroxyl groups is 2. The first-order valence-corrected chi connectivity index (χ1v) is 3.21. The number of hydrogen-bond donors (Lipinski definition) is 2. The van der Waals surface area contributed by atoms with Gasteiger partial charge in [0.25, 0.3) is 0 Å². The fourth-order valence-corrected chi connectivity index (χ4v) is 0.955. The van der Waals surface area contributed by atoms with E-state index in [0.29, 0.717) is 12.8 Å². The van der Waals surface area contributed by atoms with Crippen molar-refractivity contribution in [3.05, 3.63) is 0 Å². The number of aliphatic hydroxyl groups excluding tert-OH is 2. The summed E-state index contributed by atoms with van der Waals surface area (Å²) in [6.45, 7) is 1.76. The van der Waals surface area contributed by atoms with Crippen LogP contribution in [0.4, 0.5) is 0 Å². The van der Waals surface area contributed by atoms with E-state index in [2.05, 4.69) is 0 Å². The molecule has 0 aromatic rings. The molecule has 2 N–H and O–H groups in total. The third-order valence-electron chi connectivity index (χ3n) is 1.62. The Bertz CT molecular complexity index is 94.3. The third-order valence-corrected chi connectivity index (χ3v) is 1.62. The summed E-state index contributed by atoms with van der Waals surface area (Å²) in [4.78, 5) is 0. The van der Waals surface area contributed by atoms with Gasteiger partial charge in [0.05, 0.1) is 12.2 Å². The Morgan fingerprint density at radius 3 is 2.44 bits per heavy atom. The highest BCUT2D eigenvalue weighted by molar-refractivity contribution is 4.69. The molecular formula is C6H12O3.